The number of piperidine rings is 1. The van der Waals surface area contributed by atoms with Crippen molar-refractivity contribution in [3.63, 3.8) is 0 Å². The number of amides is 1. The first-order valence-corrected chi connectivity index (χ1v) is 15.7. The molecule has 2 aliphatic heterocycles. The van der Waals surface area contributed by atoms with Crippen LogP contribution < -0.4 is 9.80 Å². The van der Waals surface area contributed by atoms with Crippen LogP contribution in [0, 0.1) is 19.8 Å². The molecule has 0 saturated carbocycles. The van der Waals surface area contributed by atoms with Gasteiger partial charge in [-0.15, -0.1) is 5.10 Å². The molecule has 0 aliphatic carbocycles. The van der Waals surface area contributed by atoms with Gasteiger partial charge in [-0.1, -0.05) is 22.8 Å². The molecule has 5 rings (SSSR count). The molecule has 0 unspecified atom stereocenters. The molecule has 9 nitrogen and oxygen atoms in total. The van der Waals surface area contributed by atoms with E-state index in [0.717, 1.165) is 53.9 Å². The first kappa shape index (κ1) is 34.3. The van der Waals surface area contributed by atoms with Crippen LogP contribution in [0.2, 0.25) is 0 Å². The van der Waals surface area contributed by atoms with Crippen LogP contribution in [-0.2, 0) is 30.7 Å². The second-order valence-corrected chi connectivity index (χ2v) is 12.4. The standard InChI is InChI=1S/C32H39F6N7O2/c1-5-47-30(46)43-11-8-22(9-12-43)18-44-10-6-7-27(26-14-20(2)13-21(3)28(26)44)45(29-39-41-42(4)40-29)19-23-15-24(31(33,34)35)17-25(16-23)32(36,37)38/h13-17,22,27H,5-12,18-19H2,1-4H3/t27-/m0/s1. The Morgan fingerprint density at radius 1 is 0.957 bits per heavy atom. The number of anilines is 2. The Bertz CT molecular complexity index is 1530. The van der Waals surface area contributed by atoms with E-state index in [9.17, 15) is 31.1 Å². The largest absolute Gasteiger partial charge is 0.450 e. The molecule has 0 bridgehead atoms. The van der Waals surface area contributed by atoms with Crippen molar-refractivity contribution in [2.24, 2.45) is 13.0 Å². The number of nitrogens with zero attached hydrogens (tertiary/aromatic N) is 7. The summed E-state index contributed by atoms with van der Waals surface area (Å²) in [5.41, 5.74) is 0.965. The molecule has 1 aromatic heterocycles. The Kier molecular flexibility index (Phi) is 9.92. The number of rotatable bonds is 7. The average Bonchev–Trinajstić information content (AvgIpc) is 3.34. The summed E-state index contributed by atoms with van der Waals surface area (Å²) in [6, 6.07) is 5.29. The molecule has 3 heterocycles. The van der Waals surface area contributed by atoms with Gasteiger partial charge in [-0.05, 0) is 92.5 Å². The van der Waals surface area contributed by atoms with Crippen LogP contribution in [0.3, 0.4) is 0 Å². The molecule has 1 amide bonds. The van der Waals surface area contributed by atoms with E-state index in [-0.39, 0.29) is 30.2 Å². The van der Waals surface area contributed by atoms with Crippen molar-refractivity contribution in [1.82, 2.24) is 25.1 Å². The highest BCUT2D eigenvalue weighted by Crippen LogP contribution is 2.43. The Balaban J connectivity index is 1.51. The Morgan fingerprint density at radius 2 is 1.62 bits per heavy atom. The molecule has 1 saturated heterocycles. The Hall–Kier alpha value is -4.04. The van der Waals surface area contributed by atoms with E-state index < -0.39 is 29.5 Å². The second-order valence-electron chi connectivity index (χ2n) is 12.4. The number of alkyl halides is 6. The molecule has 0 radical (unpaired) electrons. The number of fused-ring (bicyclic) bond motifs is 1. The zero-order valence-electron chi connectivity index (χ0n) is 26.8. The van der Waals surface area contributed by atoms with Crippen LogP contribution in [0.25, 0.3) is 0 Å². The molecule has 47 heavy (non-hydrogen) atoms. The zero-order chi connectivity index (χ0) is 34.1. The predicted octanol–water partition coefficient (Wildman–Crippen LogP) is 7.08. The van der Waals surface area contributed by atoms with E-state index in [4.69, 9.17) is 4.74 Å². The second kappa shape index (κ2) is 13.6. The predicted molar refractivity (Wildman–Crippen MR) is 163 cm³/mol. The van der Waals surface area contributed by atoms with Crippen LogP contribution >= 0.6 is 0 Å². The number of halogens is 6. The van der Waals surface area contributed by atoms with Crippen molar-refractivity contribution in [1.29, 1.82) is 0 Å². The fourth-order valence-electron chi connectivity index (χ4n) is 6.77. The van der Waals surface area contributed by atoms with Gasteiger partial charge < -0.3 is 19.4 Å². The van der Waals surface area contributed by atoms with Crippen molar-refractivity contribution in [2.75, 3.05) is 42.6 Å². The lowest BCUT2D eigenvalue weighted by atomic mass is 9.93. The monoisotopic (exact) mass is 667 g/mol. The zero-order valence-corrected chi connectivity index (χ0v) is 26.8. The topological polar surface area (TPSA) is 79.6 Å². The maximum absolute atomic E-state index is 13.8. The SMILES string of the molecule is CCOC(=O)N1CCC(CN2CCC[C@H](N(Cc3cc(C(F)(F)F)cc(C(F)(F)F)c3)c3nnn(C)n3)c3cc(C)cc(C)c32)CC1. The maximum atomic E-state index is 13.8. The average molecular weight is 668 g/mol. The molecule has 1 atom stereocenters. The molecule has 1 fully saturated rings. The van der Waals surface area contributed by atoms with Gasteiger partial charge in [0.1, 0.15) is 0 Å². The van der Waals surface area contributed by atoms with Gasteiger partial charge in [0.15, 0.2) is 0 Å². The highest BCUT2D eigenvalue weighted by Gasteiger charge is 2.38. The number of benzene rings is 2. The summed E-state index contributed by atoms with van der Waals surface area (Å²) in [6.07, 6.45) is -7.37. The van der Waals surface area contributed by atoms with Gasteiger partial charge in [0.25, 0.3) is 5.95 Å². The van der Waals surface area contributed by atoms with E-state index in [1.54, 1.807) is 23.8 Å². The number of likely N-dealkylation sites (tertiary alicyclic amines) is 1. The van der Waals surface area contributed by atoms with Crippen LogP contribution in [0.5, 0.6) is 0 Å². The molecular weight excluding hydrogens is 628 g/mol. The van der Waals surface area contributed by atoms with Crippen molar-refractivity contribution in [3.05, 3.63) is 63.7 Å². The molecular formula is C32H39F6N7O2. The minimum atomic E-state index is -4.97. The van der Waals surface area contributed by atoms with Gasteiger partial charge in [0, 0.05) is 38.4 Å². The van der Waals surface area contributed by atoms with Crippen molar-refractivity contribution < 1.29 is 35.9 Å². The van der Waals surface area contributed by atoms with Gasteiger partial charge in [-0.3, -0.25) is 0 Å². The van der Waals surface area contributed by atoms with Crippen LogP contribution in [0.15, 0.2) is 30.3 Å². The first-order chi connectivity index (χ1) is 22.1. The number of aryl methyl sites for hydroxylation is 3. The molecule has 0 N–H and O–H groups in total. The van der Waals surface area contributed by atoms with E-state index >= 15 is 0 Å². The van der Waals surface area contributed by atoms with Crippen LogP contribution in [0.1, 0.15) is 72.0 Å². The molecule has 0 spiro atoms. The number of tetrazole rings is 1. The number of ether oxygens (including phenoxy) is 1. The Morgan fingerprint density at radius 3 is 2.19 bits per heavy atom. The van der Waals surface area contributed by atoms with E-state index in [1.807, 2.05) is 19.9 Å². The fourth-order valence-corrected chi connectivity index (χ4v) is 6.77. The van der Waals surface area contributed by atoms with Gasteiger partial charge in [-0.25, -0.2) is 4.79 Å². The lowest BCUT2D eigenvalue weighted by Crippen LogP contribution is -2.42. The summed E-state index contributed by atoms with van der Waals surface area (Å²) in [5.74, 6) is 0.419. The maximum Gasteiger partial charge on any atom is 0.416 e. The van der Waals surface area contributed by atoms with E-state index in [0.29, 0.717) is 45.0 Å². The minimum absolute atomic E-state index is 0.105. The van der Waals surface area contributed by atoms with E-state index in [1.165, 1.54) is 4.80 Å². The lowest BCUT2D eigenvalue weighted by molar-refractivity contribution is -0.143. The third kappa shape index (κ3) is 7.92. The smallest absolute Gasteiger partial charge is 0.416 e. The summed E-state index contributed by atoms with van der Waals surface area (Å²) in [4.78, 5) is 19.2. The highest BCUT2D eigenvalue weighted by atomic mass is 19.4. The van der Waals surface area contributed by atoms with Crippen molar-refractivity contribution >= 4 is 17.7 Å². The lowest BCUT2D eigenvalue weighted by Gasteiger charge is -2.37. The van der Waals surface area contributed by atoms with Crippen LogP contribution in [0.4, 0.5) is 42.8 Å². The van der Waals surface area contributed by atoms with Crippen molar-refractivity contribution in [2.45, 2.75) is 71.4 Å². The first-order valence-electron chi connectivity index (χ1n) is 15.7. The minimum Gasteiger partial charge on any atom is -0.450 e. The molecule has 256 valence electrons. The summed E-state index contributed by atoms with van der Waals surface area (Å²) in [7, 11) is 1.55. The summed E-state index contributed by atoms with van der Waals surface area (Å²) < 4.78 is 87.8. The van der Waals surface area contributed by atoms with Gasteiger partial charge in [0.05, 0.1) is 30.8 Å². The third-order valence-electron chi connectivity index (χ3n) is 8.81. The van der Waals surface area contributed by atoms with Gasteiger partial charge >= 0.3 is 18.4 Å². The highest BCUT2D eigenvalue weighted by molar-refractivity contribution is 5.67. The van der Waals surface area contributed by atoms with E-state index in [2.05, 4.69) is 26.4 Å². The fraction of sp³-hybridized carbons (Fsp3) is 0.562. The number of aromatic nitrogens is 4. The number of hydrogen-bond acceptors (Lipinski definition) is 7. The summed E-state index contributed by atoms with van der Waals surface area (Å²) in [5, 5.41) is 12.4. The van der Waals surface area contributed by atoms with Gasteiger partial charge in [0.2, 0.25) is 0 Å². The summed E-state index contributed by atoms with van der Waals surface area (Å²) >= 11 is 0. The Labute approximate surface area is 269 Å². The van der Waals surface area contributed by atoms with Crippen LogP contribution in [-0.4, -0.2) is 64.0 Å². The number of hydrogen-bond donors (Lipinski definition) is 0. The third-order valence-corrected chi connectivity index (χ3v) is 8.81. The molecule has 2 aromatic carbocycles. The number of carbonyl (C=O) groups excluding carboxylic acids is 1. The molecule has 15 heteroatoms. The summed E-state index contributed by atoms with van der Waals surface area (Å²) in [6.45, 7) is 8.41. The number of carbonyl (C=O) groups is 1. The normalized spacial score (nSPS) is 17.8. The van der Waals surface area contributed by atoms with Gasteiger partial charge in [-0.2, -0.15) is 31.1 Å². The van der Waals surface area contributed by atoms with Crippen molar-refractivity contribution in [3.8, 4) is 0 Å². The molecule has 3 aromatic rings. The molecule has 2 aliphatic rings. The quantitative estimate of drug-likeness (QED) is 0.249.